The minimum Gasteiger partial charge on any atom is -0.478 e. The molecule has 5 nitrogen and oxygen atoms in total. The quantitative estimate of drug-likeness (QED) is 0.553. The third-order valence-electron chi connectivity index (χ3n) is 3.62. The minimum absolute atomic E-state index is 0.0364. The summed E-state index contributed by atoms with van der Waals surface area (Å²) in [6.07, 6.45) is 0.826. The van der Waals surface area contributed by atoms with Gasteiger partial charge < -0.3 is 14.6 Å². The molecule has 1 heterocycles. The van der Waals surface area contributed by atoms with Gasteiger partial charge in [0.2, 0.25) is 0 Å². The molecule has 2 fully saturated rings. The highest BCUT2D eigenvalue weighted by Crippen LogP contribution is 2.59. The predicted octanol–water partition coefficient (Wildman–Crippen LogP) is 0.348. The first-order valence-corrected chi connectivity index (χ1v) is 5.45. The van der Waals surface area contributed by atoms with E-state index in [2.05, 4.69) is 0 Å². The van der Waals surface area contributed by atoms with E-state index in [1.165, 1.54) is 0 Å². The summed E-state index contributed by atoms with van der Waals surface area (Å²) in [6, 6.07) is 0. The molecule has 86 valence electrons. The number of aliphatic carboxylic acids is 1. The van der Waals surface area contributed by atoms with E-state index in [1.807, 2.05) is 0 Å². The third-order valence-corrected chi connectivity index (χ3v) is 3.62. The predicted molar refractivity (Wildman–Crippen MR) is 51.6 cm³/mol. The molecular formula is C11H12O5. The van der Waals surface area contributed by atoms with E-state index in [-0.39, 0.29) is 36.2 Å². The molecule has 4 unspecified atom stereocenters. The third kappa shape index (κ3) is 1.09. The monoisotopic (exact) mass is 224 g/mol. The Hall–Kier alpha value is -1.36. The van der Waals surface area contributed by atoms with Crippen LogP contribution in [0.5, 0.6) is 0 Å². The summed E-state index contributed by atoms with van der Waals surface area (Å²) in [5.74, 6) is -1.65. The Kier molecular flexibility index (Phi) is 1.89. The second-order valence-electron chi connectivity index (χ2n) is 4.37. The highest BCUT2D eigenvalue weighted by Gasteiger charge is 2.65. The van der Waals surface area contributed by atoms with Crippen LogP contribution in [0.15, 0.2) is 11.1 Å². The normalized spacial score (nSPS) is 38.6. The van der Waals surface area contributed by atoms with Gasteiger partial charge in [0, 0.05) is 11.8 Å². The van der Waals surface area contributed by atoms with Gasteiger partial charge >= 0.3 is 11.9 Å². The summed E-state index contributed by atoms with van der Waals surface area (Å²) in [5.41, 5.74) is 0.570. The maximum Gasteiger partial charge on any atom is 0.334 e. The Morgan fingerprint density at radius 3 is 2.56 bits per heavy atom. The first-order valence-electron chi connectivity index (χ1n) is 5.45. The van der Waals surface area contributed by atoms with Crippen LogP contribution >= 0.6 is 0 Å². The number of fused-ring (bicyclic) bond motifs is 5. The molecule has 1 saturated heterocycles. The van der Waals surface area contributed by atoms with Gasteiger partial charge in [0.15, 0.2) is 0 Å². The molecule has 2 bridgehead atoms. The number of hydrogen-bond acceptors (Lipinski definition) is 4. The Balaban J connectivity index is 1.98. The molecule has 0 spiro atoms. The van der Waals surface area contributed by atoms with E-state index in [0.29, 0.717) is 5.57 Å². The standard InChI is InChI=1S/C11H12O5/c1-2-15-11(14)7-5-3-4(6(7)10(12)13)8-9(5)16-8/h4-5,8-9H,2-3H2,1H3,(H,12,13). The van der Waals surface area contributed by atoms with Crippen molar-refractivity contribution in [3.8, 4) is 0 Å². The molecule has 16 heavy (non-hydrogen) atoms. The van der Waals surface area contributed by atoms with Crippen LogP contribution in [0.2, 0.25) is 0 Å². The minimum atomic E-state index is -1.01. The van der Waals surface area contributed by atoms with Gasteiger partial charge in [-0.3, -0.25) is 0 Å². The van der Waals surface area contributed by atoms with Crippen LogP contribution in [-0.4, -0.2) is 35.9 Å². The fraction of sp³-hybridized carbons (Fsp3) is 0.636. The molecule has 0 aromatic carbocycles. The van der Waals surface area contributed by atoms with Gasteiger partial charge in [-0.25, -0.2) is 9.59 Å². The lowest BCUT2D eigenvalue weighted by molar-refractivity contribution is -0.140. The molecule has 0 aromatic rings. The van der Waals surface area contributed by atoms with Crippen LogP contribution in [0.3, 0.4) is 0 Å². The maximum atomic E-state index is 11.7. The Bertz CT molecular complexity index is 411. The van der Waals surface area contributed by atoms with Crippen molar-refractivity contribution in [1.29, 1.82) is 0 Å². The molecule has 3 aliphatic rings. The molecule has 1 saturated carbocycles. The van der Waals surface area contributed by atoms with Gasteiger partial charge in [0.25, 0.3) is 0 Å². The van der Waals surface area contributed by atoms with Crippen molar-refractivity contribution in [1.82, 2.24) is 0 Å². The number of carbonyl (C=O) groups excluding carboxylic acids is 1. The van der Waals surface area contributed by atoms with Crippen molar-refractivity contribution in [3.63, 3.8) is 0 Å². The first kappa shape index (κ1) is 9.84. The van der Waals surface area contributed by atoms with Crippen LogP contribution in [0.4, 0.5) is 0 Å². The zero-order valence-electron chi connectivity index (χ0n) is 8.80. The zero-order chi connectivity index (χ0) is 11.4. The van der Waals surface area contributed by atoms with E-state index < -0.39 is 11.9 Å². The van der Waals surface area contributed by atoms with Crippen LogP contribution in [0.25, 0.3) is 0 Å². The molecule has 0 amide bonds. The van der Waals surface area contributed by atoms with Gasteiger partial charge in [-0.05, 0) is 13.3 Å². The SMILES string of the molecule is CCOC(=O)C1=C(C(=O)O)C2CC1C1OC21. The number of epoxide rings is 1. The molecule has 4 atom stereocenters. The van der Waals surface area contributed by atoms with E-state index >= 15 is 0 Å². The molecule has 1 N–H and O–H groups in total. The van der Waals surface area contributed by atoms with E-state index in [9.17, 15) is 9.59 Å². The highest BCUT2D eigenvalue weighted by molar-refractivity contribution is 6.02. The molecule has 5 heteroatoms. The fourth-order valence-electron chi connectivity index (χ4n) is 3.03. The lowest BCUT2D eigenvalue weighted by Crippen LogP contribution is -2.23. The van der Waals surface area contributed by atoms with Crippen molar-refractivity contribution in [2.75, 3.05) is 6.61 Å². The Morgan fingerprint density at radius 1 is 1.38 bits per heavy atom. The summed E-state index contributed by atoms with van der Waals surface area (Å²) in [5, 5.41) is 9.14. The van der Waals surface area contributed by atoms with E-state index in [4.69, 9.17) is 14.6 Å². The number of carboxylic acids is 1. The second kappa shape index (κ2) is 3.07. The summed E-state index contributed by atoms with van der Waals surface area (Å²) in [6.45, 7) is 1.98. The maximum absolute atomic E-state index is 11.7. The molecule has 3 rings (SSSR count). The molecule has 0 aromatic heterocycles. The van der Waals surface area contributed by atoms with E-state index in [0.717, 1.165) is 6.42 Å². The van der Waals surface area contributed by atoms with Crippen molar-refractivity contribution < 1.29 is 24.2 Å². The largest absolute Gasteiger partial charge is 0.478 e. The van der Waals surface area contributed by atoms with Crippen molar-refractivity contribution in [3.05, 3.63) is 11.1 Å². The zero-order valence-corrected chi connectivity index (χ0v) is 8.80. The van der Waals surface area contributed by atoms with Crippen molar-refractivity contribution >= 4 is 11.9 Å². The Labute approximate surface area is 92.0 Å². The second-order valence-corrected chi connectivity index (χ2v) is 4.37. The number of carbonyl (C=O) groups is 2. The van der Waals surface area contributed by atoms with Gasteiger partial charge in [0.1, 0.15) is 0 Å². The summed E-state index contributed by atoms with van der Waals surface area (Å²) in [7, 11) is 0. The lowest BCUT2D eigenvalue weighted by Gasteiger charge is -2.12. The molecule has 0 radical (unpaired) electrons. The highest BCUT2D eigenvalue weighted by atomic mass is 16.6. The average Bonchev–Trinajstić information content (AvgIpc) is 2.84. The van der Waals surface area contributed by atoms with Crippen molar-refractivity contribution in [2.24, 2.45) is 11.8 Å². The Morgan fingerprint density at radius 2 is 2.00 bits per heavy atom. The van der Waals surface area contributed by atoms with Crippen LogP contribution in [0, 0.1) is 11.8 Å². The number of esters is 1. The summed E-state index contributed by atoms with van der Waals surface area (Å²) < 4.78 is 10.3. The smallest absolute Gasteiger partial charge is 0.334 e. The lowest BCUT2D eigenvalue weighted by atomic mass is 9.92. The van der Waals surface area contributed by atoms with Gasteiger partial charge in [-0.2, -0.15) is 0 Å². The molecular weight excluding hydrogens is 212 g/mol. The summed E-state index contributed by atoms with van der Waals surface area (Å²) in [4.78, 5) is 22.9. The van der Waals surface area contributed by atoms with Crippen LogP contribution in [-0.2, 0) is 19.1 Å². The van der Waals surface area contributed by atoms with Crippen molar-refractivity contribution in [2.45, 2.75) is 25.6 Å². The van der Waals surface area contributed by atoms with Gasteiger partial charge in [-0.15, -0.1) is 0 Å². The van der Waals surface area contributed by atoms with Crippen LogP contribution in [0.1, 0.15) is 13.3 Å². The van der Waals surface area contributed by atoms with Crippen LogP contribution < -0.4 is 0 Å². The average molecular weight is 224 g/mol. The molecule has 1 aliphatic heterocycles. The van der Waals surface area contributed by atoms with Gasteiger partial charge in [-0.1, -0.05) is 0 Å². The summed E-state index contributed by atoms with van der Waals surface area (Å²) >= 11 is 0. The first-order chi connectivity index (χ1) is 7.65. The number of ether oxygens (including phenoxy) is 2. The van der Waals surface area contributed by atoms with E-state index in [1.54, 1.807) is 6.92 Å². The topological polar surface area (TPSA) is 76.1 Å². The number of rotatable bonds is 3. The van der Waals surface area contributed by atoms with Gasteiger partial charge in [0.05, 0.1) is 30.0 Å². The number of hydrogen-bond donors (Lipinski definition) is 1. The number of carboxylic acid groups (broad SMARTS) is 1. The molecule has 2 aliphatic carbocycles. The fourth-order valence-corrected chi connectivity index (χ4v) is 3.03.